The number of nitrogens with one attached hydrogen (secondary N) is 2. The molecule has 0 saturated carbocycles. The lowest BCUT2D eigenvalue weighted by atomic mass is 10.3. The van der Waals surface area contributed by atoms with Crippen LogP contribution in [0.15, 0.2) is 30.3 Å². The number of carbonyl (C=O) groups is 1. The highest BCUT2D eigenvalue weighted by atomic mass is 32.1. The zero-order valence-electron chi connectivity index (χ0n) is 11.5. The predicted octanol–water partition coefficient (Wildman–Crippen LogP) is 3.47. The van der Waals surface area contributed by atoms with E-state index in [1.807, 2.05) is 30.3 Å². The highest BCUT2D eigenvalue weighted by Gasteiger charge is 2.13. The van der Waals surface area contributed by atoms with E-state index in [0.717, 1.165) is 26.1 Å². The molecule has 1 aromatic carbocycles. The Morgan fingerprint density at radius 1 is 1.29 bits per heavy atom. The van der Waals surface area contributed by atoms with E-state index in [4.69, 9.17) is 4.74 Å². The van der Waals surface area contributed by atoms with Gasteiger partial charge in [-0.05, 0) is 18.2 Å². The largest absolute Gasteiger partial charge is 0.495 e. The molecule has 0 bridgehead atoms. The highest BCUT2D eigenvalue weighted by Crippen LogP contribution is 2.35. The van der Waals surface area contributed by atoms with Gasteiger partial charge in [0.25, 0.3) is 5.91 Å². The molecule has 0 spiro atoms. The van der Waals surface area contributed by atoms with Crippen molar-refractivity contribution in [3.63, 3.8) is 0 Å². The summed E-state index contributed by atoms with van der Waals surface area (Å²) < 4.78 is 6.30. The molecule has 5 nitrogen and oxygen atoms in total. The smallest absolute Gasteiger partial charge is 0.261 e. The number of anilines is 2. The minimum absolute atomic E-state index is 0.0792. The monoisotopic (exact) mass is 319 g/mol. The average Bonchev–Trinajstić information content (AvgIpc) is 3.05. The fourth-order valence-corrected chi connectivity index (χ4v) is 3.96. The first-order valence-corrected chi connectivity index (χ1v) is 7.87. The molecule has 0 aliphatic carbocycles. The van der Waals surface area contributed by atoms with E-state index in [1.54, 1.807) is 14.2 Å². The molecule has 0 fully saturated rings. The molecule has 0 aliphatic rings. The van der Waals surface area contributed by atoms with Crippen molar-refractivity contribution in [1.29, 1.82) is 0 Å². The van der Waals surface area contributed by atoms with Gasteiger partial charge in [-0.1, -0.05) is 23.5 Å². The van der Waals surface area contributed by atoms with Gasteiger partial charge in [0.15, 0.2) is 5.13 Å². The number of thiophene rings is 1. The van der Waals surface area contributed by atoms with Crippen LogP contribution in [-0.2, 0) is 0 Å². The maximum atomic E-state index is 11.6. The number of para-hydroxylation sites is 2. The van der Waals surface area contributed by atoms with Crippen LogP contribution < -0.4 is 15.4 Å². The molecular weight excluding hydrogens is 306 g/mol. The number of benzene rings is 1. The predicted molar refractivity (Wildman–Crippen MR) is 87.2 cm³/mol. The summed E-state index contributed by atoms with van der Waals surface area (Å²) in [6, 6.07) is 9.54. The zero-order valence-corrected chi connectivity index (χ0v) is 13.1. The van der Waals surface area contributed by atoms with E-state index >= 15 is 0 Å². The Morgan fingerprint density at radius 3 is 2.81 bits per heavy atom. The summed E-state index contributed by atoms with van der Waals surface area (Å²) in [5.41, 5.74) is 0.868. The number of rotatable bonds is 4. The van der Waals surface area contributed by atoms with Crippen LogP contribution in [0.2, 0.25) is 0 Å². The number of thiazole rings is 1. The van der Waals surface area contributed by atoms with Crippen LogP contribution in [0.5, 0.6) is 5.75 Å². The number of fused-ring (bicyclic) bond motifs is 1. The van der Waals surface area contributed by atoms with E-state index < -0.39 is 0 Å². The lowest BCUT2D eigenvalue weighted by Crippen LogP contribution is -2.15. The average molecular weight is 319 g/mol. The Labute approximate surface area is 129 Å². The van der Waals surface area contributed by atoms with Crippen LogP contribution in [0.3, 0.4) is 0 Å². The van der Waals surface area contributed by atoms with E-state index in [2.05, 4.69) is 15.6 Å². The Bertz CT molecular complexity index is 763. The Morgan fingerprint density at radius 2 is 2.10 bits per heavy atom. The van der Waals surface area contributed by atoms with Gasteiger partial charge in [-0.25, -0.2) is 4.98 Å². The van der Waals surface area contributed by atoms with Crippen molar-refractivity contribution in [3.8, 4) is 5.75 Å². The van der Waals surface area contributed by atoms with E-state index in [1.165, 1.54) is 22.7 Å². The van der Waals surface area contributed by atoms with Gasteiger partial charge in [-0.2, -0.15) is 0 Å². The topological polar surface area (TPSA) is 63.2 Å². The number of hydrogen-bond acceptors (Lipinski definition) is 6. The van der Waals surface area contributed by atoms with Crippen molar-refractivity contribution in [2.75, 3.05) is 19.5 Å². The minimum atomic E-state index is -0.0792. The van der Waals surface area contributed by atoms with Gasteiger partial charge in [0.1, 0.15) is 10.6 Å². The molecular formula is C14H13N3O2S2. The molecule has 0 radical (unpaired) electrons. The molecule has 0 unspecified atom stereocenters. The van der Waals surface area contributed by atoms with Crippen molar-refractivity contribution in [2.45, 2.75) is 0 Å². The van der Waals surface area contributed by atoms with Crippen LogP contribution in [0.25, 0.3) is 9.53 Å². The number of nitrogens with zero attached hydrogens (tertiary/aromatic N) is 1. The van der Waals surface area contributed by atoms with Gasteiger partial charge in [0, 0.05) is 7.05 Å². The summed E-state index contributed by atoms with van der Waals surface area (Å²) >= 11 is 2.90. The van der Waals surface area contributed by atoms with Gasteiger partial charge >= 0.3 is 0 Å². The normalized spacial score (nSPS) is 10.6. The van der Waals surface area contributed by atoms with Crippen LogP contribution in [0.1, 0.15) is 9.67 Å². The van der Waals surface area contributed by atoms with Crippen molar-refractivity contribution in [2.24, 2.45) is 0 Å². The molecule has 0 saturated heterocycles. The quantitative estimate of drug-likeness (QED) is 0.773. The first-order chi connectivity index (χ1) is 10.2. The van der Waals surface area contributed by atoms with Crippen LogP contribution in [-0.4, -0.2) is 25.0 Å². The molecule has 3 rings (SSSR count). The standard InChI is InChI=1S/C14H13N3O2S2/c1-15-12(18)10-7-11-13(20-10)17-14(21-11)16-8-5-3-4-6-9(8)19-2/h3-7H,1-2H3,(H,15,18)(H,16,17). The molecule has 1 amide bonds. The number of amides is 1. The van der Waals surface area contributed by atoms with E-state index in [0.29, 0.717) is 4.88 Å². The number of hydrogen-bond donors (Lipinski definition) is 2. The first-order valence-electron chi connectivity index (χ1n) is 6.23. The molecule has 21 heavy (non-hydrogen) atoms. The summed E-state index contributed by atoms with van der Waals surface area (Å²) in [6.45, 7) is 0. The minimum Gasteiger partial charge on any atom is -0.495 e. The Hall–Kier alpha value is -2.12. The van der Waals surface area contributed by atoms with Crippen molar-refractivity contribution >= 4 is 48.9 Å². The van der Waals surface area contributed by atoms with Gasteiger partial charge in [0.05, 0.1) is 22.4 Å². The second-order valence-corrected chi connectivity index (χ2v) is 6.26. The highest BCUT2D eigenvalue weighted by molar-refractivity contribution is 7.29. The van der Waals surface area contributed by atoms with Crippen molar-refractivity contribution in [1.82, 2.24) is 10.3 Å². The number of methoxy groups -OCH3 is 1. The van der Waals surface area contributed by atoms with Gasteiger partial charge in [0.2, 0.25) is 0 Å². The van der Waals surface area contributed by atoms with Crippen molar-refractivity contribution < 1.29 is 9.53 Å². The lowest BCUT2D eigenvalue weighted by Gasteiger charge is -2.07. The van der Waals surface area contributed by atoms with Crippen LogP contribution in [0.4, 0.5) is 10.8 Å². The van der Waals surface area contributed by atoms with Crippen LogP contribution >= 0.6 is 22.7 Å². The van der Waals surface area contributed by atoms with Gasteiger partial charge in [-0.15, -0.1) is 11.3 Å². The zero-order chi connectivity index (χ0) is 14.8. The summed E-state index contributed by atoms with van der Waals surface area (Å²) in [5.74, 6) is 0.687. The number of carbonyl (C=O) groups excluding carboxylic acids is 1. The second-order valence-electron chi connectivity index (χ2n) is 4.20. The summed E-state index contributed by atoms with van der Waals surface area (Å²) in [5, 5.41) is 6.65. The summed E-state index contributed by atoms with van der Waals surface area (Å²) in [4.78, 5) is 17.6. The molecule has 0 aliphatic heterocycles. The fraction of sp³-hybridized carbons (Fsp3) is 0.143. The second kappa shape index (κ2) is 5.71. The third kappa shape index (κ3) is 2.70. The first kappa shape index (κ1) is 13.8. The van der Waals surface area contributed by atoms with E-state index in [9.17, 15) is 4.79 Å². The molecule has 0 atom stereocenters. The van der Waals surface area contributed by atoms with Crippen molar-refractivity contribution in [3.05, 3.63) is 35.2 Å². The molecule has 2 heterocycles. The van der Waals surface area contributed by atoms with Crippen LogP contribution in [0, 0.1) is 0 Å². The molecule has 108 valence electrons. The summed E-state index contributed by atoms with van der Waals surface area (Å²) in [7, 11) is 3.26. The van der Waals surface area contributed by atoms with Gasteiger partial charge < -0.3 is 15.4 Å². The number of ether oxygens (including phenoxy) is 1. The maximum absolute atomic E-state index is 11.6. The molecule has 3 aromatic rings. The van der Waals surface area contributed by atoms with Gasteiger partial charge in [-0.3, -0.25) is 4.79 Å². The molecule has 2 aromatic heterocycles. The maximum Gasteiger partial charge on any atom is 0.261 e. The molecule has 2 N–H and O–H groups in total. The SMILES string of the molecule is CNC(=O)c1cc2sc(Nc3ccccc3OC)nc2s1. The third-order valence-electron chi connectivity index (χ3n) is 2.89. The lowest BCUT2D eigenvalue weighted by molar-refractivity contribution is 0.0967. The summed E-state index contributed by atoms with van der Waals surface area (Å²) in [6.07, 6.45) is 0. The Kier molecular flexibility index (Phi) is 3.76. The number of aromatic nitrogens is 1. The fourth-order valence-electron chi connectivity index (χ4n) is 1.89. The molecule has 7 heteroatoms. The van der Waals surface area contributed by atoms with E-state index in [-0.39, 0.29) is 5.91 Å². The third-order valence-corrected chi connectivity index (χ3v) is 4.96. The Balaban J connectivity index is 1.88.